The van der Waals surface area contributed by atoms with E-state index in [1.54, 1.807) is 23.4 Å². The molecule has 1 saturated heterocycles. The number of hydrogen-bond donors (Lipinski definition) is 2. The minimum Gasteiger partial charge on any atom is -0.367 e. The number of aromatic amines is 1. The van der Waals surface area contributed by atoms with Crippen molar-refractivity contribution in [3.05, 3.63) is 47.3 Å². The van der Waals surface area contributed by atoms with E-state index >= 15 is 0 Å². The lowest BCUT2D eigenvalue weighted by Crippen LogP contribution is -2.42. The lowest BCUT2D eigenvalue weighted by Gasteiger charge is -2.32. The molecule has 8 nitrogen and oxygen atoms in total. The fraction of sp³-hybridized carbons (Fsp3) is 0.412. The van der Waals surface area contributed by atoms with Gasteiger partial charge < -0.3 is 19.9 Å². The number of amides is 2. The van der Waals surface area contributed by atoms with E-state index in [2.05, 4.69) is 20.3 Å². The van der Waals surface area contributed by atoms with Crippen LogP contribution in [0.1, 0.15) is 40.6 Å². The highest BCUT2D eigenvalue weighted by molar-refractivity contribution is 5.94. The molecule has 0 saturated carbocycles. The normalized spacial score (nSPS) is 17.4. The molecule has 132 valence electrons. The molecule has 0 aromatic carbocycles. The molecule has 0 bridgehead atoms. The van der Waals surface area contributed by atoms with Crippen LogP contribution in [-0.4, -0.2) is 51.4 Å². The van der Waals surface area contributed by atoms with E-state index < -0.39 is 0 Å². The molecular formula is C17H21N5O3. The maximum Gasteiger partial charge on any atom is 0.255 e. The molecule has 8 heteroatoms. The van der Waals surface area contributed by atoms with Crippen molar-refractivity contribution in [2.45, 2.75) is 26.5 Å². The van der Waals surface area contributed by atoms with Gasteiger partial charge in [0, 0.05) is 25.4 Å². The van der Waals surface area contributed by atoms with Gasteiger partial charge in [-0.15, -0.1) is 0 Å². The predicted molar refractivity (Wildman–Crippen MR) is 89.7 cm³/mol. The summed E-state index contributed by atoms with van der Waals surface area (Å²) in [5.74, 6) is 0.485. The van der Waals surface area contributed by atoms with E-state index in [0.29, 0.717) is 37.6 Å². The first kappa shape index (κ1) is 17.1. The molecule has 25 heavy (non-hydrogen) atoms. The van der Waals surface area contributed by atoms with Gasteiger partial charge in [0.25, 0.3) is 5.91 Å². The molecule has 2 N–H and O–H groups in total. The number of carbonyl (C=O) groups is 2. The quantitative estimate of drug-likeness (QED) is 0.861. The van der Waals surface area contributed by atoms with Gasteiger partial charge in [-0.25, -0.2) is 4.98 Å². The Bertz CT molecular complexity index is 756. The standard InChI is InChI=1S/C17H21N5O3/c1-11-3-4-13(7-18-11)17(24)22-5-6-25-15(10-22)16-20-9-14(21-16)8-19-12(2)23/h3-4,7,9,15H,5-6,8,10H2,1-2H3,(H,19,23)(H,20,21)/t15-/m0/s1. The van der Waals surface area contributed by atoms with Gasteiger partial charge in [0.2, 0.25) is 5.91 Å². The van der Waals surface area contributed by atoms with Crippen LogP contribution < -0.4 is 5.32 Å². The van der Waals surface area contributed by atoms with Crippen molar-refractivity contribution in [3.8, 4) is 0 Å². The number of nitrogens with zero attached hydrogens (tertiary/aromatic N) is 3. The van der Waals surface area contributed by atoms with E-state index in [1.807, 2.05) is 13.0 Å². The summed E-state index contributed by atoms with van der Waals surface area (Å²) in [6.45, 7) is 5.12. The van der Waals surface area contributed by atoms with Crippen molar-refractivity contribution in [1.82, 2.24) is 25.2 Å². The monoisotopic (exact) mass is 343 g/mol. The number of pyridine rings is 1. The number of hydrogen-bond acceptors (Lipinski definition) is 5. The molecular weight excluding hydrogens is 322 g/mol. The maximum atomic E-state index is 12.6. The van der Waals surface area contributed by atoms with Gasteiger partial charge in [-0.2, -0.15) is 0 Å². The zero-order valence-electron chi connectivity index (χ0n) is 14.3. The molecule has 1 aliphatic heterocycles. The van der Waals surface area contributed by atoms with E-state index in [-0.39, 0.29) is 17.9 Å². The fourth-order valence-corrected chi connectivity index (χ4v) is 2.63. The van der Waals surface area contributed by atoms with Crippen LogP contribution in [0.15, 0.2) is 24.5 Å². The van der Waals surface area contributed by atoms with Crippen molar-refractivity contribution in [1.29, 1.82) is 0 Å². The molecule has 2 aromatic heterocycles. The summed E-state index contributed by atoms with van der Waals surface area (Å²) >= 11 is 0. The molecule has 3 rings (SSSR count). The Morgan fingerprint density at radius 3 is 2.92 bits per heavy atom. The van der Waals surface area contributed by atoms with Gasteiger partial charge in [-0.1, -0.05) is 0 Å². The Hall–Kier alpha value is -2.74. The Morgan fingerprint density at radius 2 is 2.20 bits per heavy atom. The van der Waals surface area contributed by atoms with Crippen molar-refractivity contribution in [2.24, 2.45) is 0 Å². The average molecular weight is 343 g/mol. The number of aromatic nitrogens is 3. The molecule has 0 aliphatic carbocycles. The van der Waals surface area contributed by atoms with Gasteiger partial charge in [0.05, 0.1) is 37.2 Å². The highest BCUT2D eigenvalue weighted by atomic mass is 16.5. The molecule has 0 spiro atoms. The first-order valence-corrected chi connectivity index (χ1v) is 8.14. The Morgan fingerprint density at radius 1 is 1.36 bits per heavy atom. The second-order valence-corrected chi connectivity index (χ2v) is 6.00. The number of H-pyrrole nitrogens is 1. The van der Waals surface area contributed by atoms with E-state index in [4.69, 9.17) is 4.74 Å². The molecule has 1 fully saturated rings. The molecule has 1 aliphatic rings. The third-order valence-electron chi connectivity index (χ3n) is 3.99. The minimum absolute atomic E-state index is 0.0641. The summed E-state index contributed by atoms with van der Waals surface area (Å²) in [6, 6.07) is 3.61. The summed E-state index contributed by atoms with van der Waals surface area (Å²) in [4.78, 5) is 37.0. The van der Waals surface area contributed by atoms with Crippen molar-refractivity contribution in [2.75, 3.05) is 19.7 Å². The van der Waals surface area contributed by atoms with Crippen LogP contribution in [-0.2, 0) is 16.1 Å². The number of imidazole rings is 1. The zero-order valence-corrected chi connectivity index (χ0v) is 14.3. The Balaban J connectivity index is 1.65. The number of ether oxygens (including phenoxy) is 1. The van der Waals surface area contributed by atoms with Crippen LogP contribution in [0, 0.1) is 6.92 Å². The first-order valence-electron chi connectivity index (χ1n) is 8.14. The Labute approximate surface area is 145 Å². The van der Waals surface area contributed by atoms with Gasteiger partial charge in [-0.05, 0) is 19.1 Å². The van der Waals surface area contributed by atoms with Crippen LogP contribution in [0.4, 0.5) is 0 Å². The summed E-state index contributed by atoms with van der Waals surface area (Å²) in [5.41, 5.74) is 2.23. The third-order valence-corrected chi connectivity index (χ3v) is 3.99. The second kappa shape index (κ2) is 7.43. The molecule has 0 radical (unpaired) electrons. The van der Waals surface area contributed by atoms with Crippen molar-refractivity contribution in [3.63, 3.8) is 0 Å². The number of aryl methyl sites for hydroxylation is 1. The van der Waals surface area contributed by atoms with Gasteiger partial charge in [0.15, 0.2) is 0 Å². The van der Waals surface area contributed by atoms with Gasteiger partial charge in [-0.3, -0.25) is 14.6 Å². The second-order valence-electron chi connectivity index (χ2n) is 6.00. The van der Waals surface area contributed by atoms with Gasteiger partial charge >= 0.3 is 0 Å². The smallest absolute Gasteiger partial charge is 0.255 e. The van der Waals surface area contributed by atoms with Crippen LogP contribution >= 0.6 is 0 Å². The van der Waals surface area contributed by atoms with E-state index in [0.717, 1.165) is 11.4 Å². The maximum absolute atomic E-state index is 12.6. The molecule has 1 atom stereocenters. The number of nitrogens with one attached hydrogen (secondary N) is 2. The van der Waals surface area contributed by atoms with Crippen LogP contribution in [0.25, 0.3) is 0 Å². The molecule has 2 aromatic rings. The van der Waals surface area contributed by atoms with E-state index in [1.165, 1.54) is 6.92 Å². The van der Waals surface area contributed by atoms with Crippen LogP contribution in [0.5, 0.6) is 0 Å². The molecule has 0 unspecified atom stereocenters. The number of carbonyl (C=O) groups excluding carboxylic acids is 2. The summed E-state index contributed by atoms with van der Waals surface area (Å²) in [6.07, 6.45) is 2.95. The molecule has 3 heterocycles. The third kappa shape index (κ3) is 4.21. The largest absolute Gasteiger partial charge is 0.367 e. The van der Waals surface area contributed by atoms with Gasteiger partial charge in [0.1, 0.15) is 11.9 Å². The number of morpholine rings is 1. The summed E-state index contributed by atoms with van der Waals surface area (Å²) in [5, 5.41) is 2.71. The predicted octanol–water partition coefficient (Wildman–Crippen LogP) is 0.963. The van der Waals surface area contributed by atoms with E-state index in [9.17, 15) is 9.59 Å². The highest BCUT2D eigenvalue weighted by Gasteiger charge is 2.28. The Kier molecular flexibility index (Phi) is 5.08. The SMILES string of the molecule is CC(=O)NCc1cnc([C@@H]2CN(C(=O)c3ccc(C)nc3)CCO2)[nH]1. The average Bonchev–Trinajstić information content (AvgIpc) is 3.09. The lowest BCUT2D eigenvalue weighted by molar-refractivity contribution is -0.119. The lowest BCUT2D eigenvalue weighted by atomic mass is 10.2. The zero-order chi connectivity index (χ0) is 17.8. The summed E-state index contributed by atoms with van der Waals surface area (Å²) in [7, 11) is 0. The molecule has 2 amide bonds. The van der Waals surface area contributed by atoms with Crippen molar-refractivity contribution >= 4 is 11.8 Å². The van der Waals surface area contributed by atoms with Crippen LogP contribution in [0.3, 0.4) is 0 Å². The van der Waals surface area contributed by atoms with Crippen LogP contribution in [0.2, 0.25) is 0 Å². The number of rotatable bonds is 4. The fourth-order valence-electron chi connectivity index (χ4n) is 2.63. The minimum atomic E-state index is -0.317. The highest BCUT2D eigenvalue weighted by Crippen LogP contribution is 2.21. The topological polar surface area (TPSA) is 100 Å². The van der Waals surface area contributed by atoms with Crippen molar-refractivity contribution < 1.29 is 14.3 Å². The first-order chi connectivity index (χ1) is 12.0. The summed E-state index contributed by atoms with van der Waals surface area (Å²) < 4.78 is 5.75.